The van der Waals surface area contributed by atoms with Gasteiger partial charge in [0.1, 0.15) is 0 Å². The van der Waals surface area contributed by atoms with Crippen molar-refractivity contribution in [1.82, 2.24) is 9.88 Å². The summed E-state index contributed by atoms with van der Waals surface area (Å²) in [4.78, 5) is 18.1. The van der Waals surface area contributed by atoms with Crippen LogP contribution in [-0.2, 0) is 11.3 Å². The van der Waals surface area contributed by atoms with Crippen LogP contribution in [0.3, 0.4) is 0 Å². The summed E-state index contributed by atoms with van der Waals surface area (Å²) >= 11 is 4.33. The molecule has 0 fully saturated rings. The first-order valence-corrected chi connectivity index (χ1v) is 6.29. The van der Waals surface area contributed by atoms with E-state index in [9.17, 15) is 4.79 Å². The zero-order valence-electron chi connectivity index (χ0n) is 10.8. The molecule has 0 saturated carbocycles. The summed E-state index contributed by atoms with van der Waals surface area (Å²) in [7, 11) is 1.79. The molecule has 1 unspecified atom stereocenters. The molecule has 94 valence electrons. The molecule has 0 aromatic carbocycles. The monoisotopic (exact) mass is 252 g/mol. The highest BCUT2D eigenvalue weighted by atomic mass is 32.1. The second-order valence-corrected chi connectivity index (χ2v) is 5.21. The van der Waals surface area contributed by atoms with Crippen molar-refractivity contribution >= 4 is 18.5 Å². The van der Waals surface area contributed by atoms with Crippen LogP contribution in [0.15, 0.2) is 18.2 Å². The van der Waals surface area contributed by atoms with Crippen molar-refractivity contribution in [3.63, 3.8) is 0 Å². The Morgan fingerprint density at radius 3 is 2.65 bits per heavy atom. The topological polar surface area (TPSA) is 33.2 Å². The SMILES string of the molecule is Cc1cccc(CN(C)C(=O)C(S)C(C)C)n1. The summed E-state index contributed by atoms with van der Waals surface area (Å²) in [5.74, 6) is 0.283. The standard InChI is InChI=1S/C13H20N2OS/c1-9(2)12(17)13(16)15(4)8-11-7-5-6-10(3)14-11/h5-7,9,12,17H,8H2,1-4H3. The van der Waals surface area contributed by atoms with E-state index in [0.29, 0.717) is 6.54 Å². The third-order valence-corrected chi connectivity index (χ3v) is 3.42. The maximum atomic E-state index is 12.0. The molecule has 0 aliphatic rings. The average Bonchev–Trinajstić information content (AvgIpc) is 2.26. The van der Waals surface area contributed by atoms with Crippen LogP contribution in [0.4, 0.5) is 0 Å². The highest BCUT2D eigenvalue weighted by Crippen LogP contribution is 2.13. The Hall–Kier alpha value is -1.03. The Balaban J connectivity index is 2.66. The van der Waals surface area contributed by atoms with Crippen molar-refractivity contribution in [1.29, 1.82) is 0 Å². The lowest BCUT2D eigenvalue weighted by Gasteiger charge is -2.22. The van der Waals surface area contributed by atoms with E-state index in [1.807, 2.05) is 39.0 Å². The van der Waals surface area contributed by atoms with Crippen LogP contribution in [-0.4, -0.2) is 28.1 Å². The van der Waals surface area contributed by atoms with Crippen LogP contribution in [0.1, 0.15) is 25.2 Å². The van der Waals surface area contributed by atoms with E-state index in [1.54, 1.807) is 11.9 Å². The van der Waals surface area contributed by atoms with Crippen molar-refractivity contribution in [3.05, 3.63) is 29.6 Å². The molecule has 0 bridgehead atoms. The number of carbonyl (C=O) groups is 1. The molecular formula is C13H20N2OS. The second-order valence-electron chi connectivity index (χ2n) is 4.65. The Kier molecular flexibility index (Phi) is 5.00. The highest BCUT2D eigenvalue weighted by Gasteiger charge is 2.21. The van der Waals surface area contributed by atoms with E-state index in [2.05, 4.69) is 17.6 Å². The van der Waals surface area contributed by atoms with Gasteiger partial charge in [-0.15, -0.1) is 0 Å². The van der Waals surface area contributed by atoms with E-state index in [4.69, 9.17) is 0 Å². The molecule has 1 aromatic rings. The van der Waals surface area contributed by atoms with Crippen molar-refractivity contribution < 1.29 is 4.79 Å². The van der Waals surface area contributed by atoms with Crippen molar-refractivity contribution in [2.24, 2.45) is 5.92 Å². The molecule has 1 heterocycles. The van der Waals surface area contributed by atoms with Gasteiger partial charge >= 0.3 is 0 Å². The number of nitrogens with zero attached hydrogens (tertiary/aromatic N) is 2. The maximum absolute atomic E-state index is 12.0. The Morgan fingerprint density at radius 1 is 1.47 bits per heavy atom. The van der Waals surface area contributed by atoms with Gasteiger partial charge in [0.25, 0.3) is 0 Å². The third-order valence-electron chi connectivity index (χ3n) is 2.61. The smallest absolute Gasteiger partial charge is 0.235 e. The fourth-order valence-electron chi connectivity index (χ4n) is 1.52. The van der Waals surface area contributed by atoms with Gasteiger partial charge in [0.05, 0.1) is 17.5 Å². The zero-order valence-corrected chi connectivity index (χ0v) is 11.7. The first-order valence-electron chi connectivity index (χ1n) is 5.77. The average molecular weight is 252 g/mol. The van der Waals surface area contributed by atoms with E-state index in [1.165, 1.54) is 0 Å². The lowest BCUT2D eigenvalue weighted by Crippen LogP contribution is -2.36. The Bertz CT molecular complexity index is 393. The third kappa shape index (κ3) is 4.04. The molecule has 0 spiro atoms. The summed E-state index contributed by atoms with van der Waals surface area (Å²) in [6.45, 7) is 6.47. The summed E-state index contributed by atoms with van der Waals surface area (Å²) in [5, 5.41) is -0.246. The van der Waals surface area contributed by atoms with Gasteiger partial charge in [0, 0.05) is 12.7 Å². The van der Waals surface area contributed by atoms with Crippen molar-refractivity contribution in [2.45, 2.75) is 32.6 Å². The van der Waals surface area contributed by atoms with E-state index < -0.39 is 0 Å². The van der Waals surface area contributed by atoms with Crippen molar-refractivity contribution in [3.8, 4) is 0 Å². The summed E-state index contributed by atoms with van der Waals surface area (Å²) < 4.78 is 0. The predicted molar refractivity (Wildman–Crippen MR) is 73.1 cm³/mol. The highest BCUT2D eigenvalue weighted by molar-refractivity contribution is 7.81. The van der Waals surface area contributed by atoms with Gasteiger partial charge in [0.15, 0.2) is 0 Å². The first kappa shape index (κ1) is 14.0. The number of pyridine rings is 1. The summed E-state index contributed by atoms with van der Waals surface area (Å²) in [6, 6.07) is 5.83. The molecule has 4 heteroatoms. The molecule has 0 radical (unpaired) electrons. The molecule has 17 heavy (non-hydrogen) atoms. The number of carbonyl (C=O) groups excluding carboxylic acids is 1. The van der Waals surface area contributed by atoms with Crippen LogP contribution >= 0.6 is 12.6 Å². The lowest BCUT2D eigenvalue weighted by atomic mass is 10.1. The molecule has 0 aliphatic heterocycles. The summed E-state index contributed by atoms with van der Waals surface area (Å²) in [6.07, 6.45) is 0. The second kappa shape index (κ2) is 6.05. The van der Waals surface area contributed by atoms with E-state index in [0.717, 1.165) is 11.4 Å². The zero-order chi connectivity index (χ0) is 13.0. The van der Waals surface area contributed by atoms with Crippen LogP contribution in [0.5, 0.6) is 0 Å². The van der Waals surface area contributed by atoms with E-state index in [-0.39, 0.29) is 17.1 Å². The molecular weight excluding hydrogens is 232 g/mol. The normalized spacial score (nSPS) is 12.6. The van der Waals surface area contributed by atoms with Gasteiger partial charge < -0.3 is 4.90 Å². The minimum atomic E-state index is -0.246. The van der Waals surface area contributed by atoms with Gasteiger partial charge in [-0.2, -0.15) is 12.6 Å². The van der Waals surface area contributed by atoms with Gasteiger partial charge in [-0.1, -0.05) is 19.9 Å². The summed E-state index contributed by atoms with van der Waals surface area (Å²) in [5.41, 5.74) is 1.87. The number of amides is 1. The molecule has 1 aromatic heterocycles. The molecule has 0 N–H and O–H groups in total. The molecule has 1 atom stereocenters. The number of rotatable bonds is 4. The predicted octanol–water partition coefficient (Wildman–Crippen LogP) is 2.30. The quantitative estimate of drug-likeness (QED) is 0.834. The molecule has 0 aliphatic carbocycles. The number of aromatic nitrogens is 1. The van der Waals surface area contributed by atoms with Gasteiger partial charge in [-0.05, 0) is 25.0 Å². The molecule has 0 saturated heterocycles. The molecule has 3 nitrogen and oxygen atoms in total. The van der Waals surface area contributed by atoms with Crippen LogP contribution in [0.2, 0.25) is 0 Å². The van der Waals surface area contributed by atoms with Crippen LogP contribution in [0.25, 0.3) is 0 Å². The molecule has 1 rings (SSSR count). The largest absolute Gasteiger partial charge is 0.339 e. The number of hydrogen-bond donors (Lipinski definition) is 1. The maximum Gasteiger partial charge on any atom is 0.235 e. The Morgan fingerprint density at radius 2 is 2.12 bits per heavy atom. The van der Waals surface area contributed by atoms with Gasteiger partial charge in [0.2, 0.25) is 5.91 Å². The van der Waals surface area contributed by atoms with E-state index >= 15 is 0 Å². The van der Waals surface area contributed by atoms with Gasteiger partial charge in [-0.3, -0.25) is 9.78 Å². The number of aryl methyl sites for hydroxylation is 1. The fourth-order valence-corrected chi connectivity index (χ4v) is 1.72. The first-order chi connectivity index (χ1) is 7.91. The minimum Gasteiger partial charge on any atom is -0.339 e. The van der Waals surface area contributed by atoms with Gasteiger partial charge in [-0.25, -0.2) is 0 Å². The van der Waals surface area contributed by atoms with Crippen LogP contribution < -0.4 is 0 Å². The fraction of sp³-hybridized carbons (Fsp3) is 0.538. The lowest BCUT2D eigenvalue weighted by molar-refractivity contribution is -0.130. The Labute approximate surface area is 109 Å². The minimum absolute atomic E-state index is 0.0478. The van der Waals surface area contributed by atoms with Crippen LogP contribution in [0, 0.1) is 12.8 Å². The number of hydrogen-bond acceptors (Lipinski definition) is 3. The van der Waals surface area contributed by atoms with Crippen molar-refractivity contribution in [2.75, 3.05) is 7.05 Å². The molecule has 1 amide bonds. The number of thiol groups is 1.